The Labute approximate surface area is 239 Å². The second kappa shape index (κ2) is 9.42. The van der Waals surface area contributed by atoms with Crippen LogP contribution in [-0.2, 0) is 23.3 Å². The Morgan fingerprint density at radius 1 is 0.854 bits per heavy atom. The number of para-hydroxylation sites is 1. The van der Waals surface area contributed by atoms with Gasteiger partial charge >= 0.3 is 0 Å². The van der Waals surface area contributed by atoms with Crippen molar-refractivity contribution in [1.82, 2.24) is 4.90 Å². The minimum absolute atomic E-state index is 0.0318. The van der Waals surface area contributed by atoms with Crippen molar-refractivity contribution >= 4 is 40.1 Å². The summed E-state index contributed by atoms with van der Waals surface area (Å²) in [4.78, 5) is 46.1. The van der Waals surface area contributed by atoms with Gasteiger partial charge in [0.15, 0.2) is 11.0 Å². The fraction of sp³-hybridized carbons (Fsp3) is 0.121. The summed E-state index contributed by atoms with van der Waals surface area (Å²) >= 11 is 6.48. The standard InChI is InChI=1S/C33H22ClFN2O4/c34-25-12-6-4-10-21(25)19-36-26-13-7-5-11-24(26)33(32(36)40)28-29(38)23-18-22(35)14-15-27(23)41-30(28)31(39)37(33)17-16-20-8-2-1-3-9-20/h1-15,18H,16-17,19H2. The van der Waals surface area contributed by atoms with E-state index >= 15 is 0 Å². The smallest absolute Gasteiger partial charge is 0.291 e. The average molecular weight is 565 g/mol. The van der Waals surface area contributed by atoms with Crippen molar-refractivity contribution < 1.29 is 18.4 Å². The maximum Gasteiger partial charge on any atom is 0.291 e. The molecule has 6 nitrogen and oxygen atoms in total. The van der Waals surface area contributed by atoms with Crippen molar-refractivity contribution in [1.29, 1.82) is 0 Å². The van der Waals surface area contributed by atoms with E-state index in [4.69, 9.17) is 16.0 Å². The number of anilines is 1. The van der Waals surface area contributed by atoms with E-state index in [-0.39, 0.29) is 35.4 Å². The van der Waals surface area contributed by atoms with E-state index in [0.29, 0.717) is 28.3 Å². The molecule has 0 fully saturated rings. The zero-order valence-corrected chi connectivity index (χ0v) is 22.4. The Bertz CT molecular complexity index is 1940. The van der Waals surface area contributed by atoms with Gasteiger partial charge in [-0.3, -0.25) is 14.4 Å². The molecule has 5 aromatic rings. The van der Waals surface area contributed by atoms with Crippen LogP contribution in [0.15, 0.2) is 106 Å². The van der Waals surface area contributed by atoms with Crippen LogP contribution in [0.5, 0.6) is 0 Å². The van der Waals surface area contributed by atoms with Crippen LogP contribution in [0, 0.1) is 5.82 Å². The normalized spacial score (nSPS) is 17.5. The SMILES string of the molecule is O=C1c2oc3ccc(F)cc3c(=O)c2C2(C(=O)N(Cc3ccccc3Cl)c3ccccc32)N1CCc1ccccc1. The van der Waals surface area contributed by atoms with Gasteiger partial charge in [0, 0.05) is 17.1 Å². The molecular formula is C33H22ClFN2O4. The molecule has 0 radical (unpaired) electrons. The second-order valence-electron chi connectivity index (χ2n) is 10.2. The van der Waals surface area contributed by atoms with Crippen molar-refractivity contribution in [2.24, 2.45) is 0 Å². The van der Waals surface area contributed by atoms with Gasteiger partial charge in [-0.1, -0.05) is 78.3 Å². The number of halogens is 2. The Hall–Kier alpha value is -4.75. The molecule has 0 saturated heterocycles. The summed E-state index contributed by atoms with van der Waals surface area (Å²) < 4.78 is 20.3. The lowest BCUT2D eigenvalue weighted by molar-refractivity contribution is -0.126. The van der Waals surface area contributed by atoms with Crippen LogP contribution in [0.25, 0.3) is 11.0 Å². The van der Waals surface area contributed by atoms with Crippen LogP contribution in [0.3, 0.4) is 0 Å². The third-order valence-electron chi connectivity index (χ3n) is 7.95. The topological polar surface area (TPSA) is 70.8 Å². The summed E-state index contributed by atoms with van der Waals surface area (Å²) in [6, 6.07) is 27.5. The zero-order chi connectivity index (χ0) is 28.3. The number of hydrogen-bond acceptors (Lipinski definition) is 4. The first-order valence-electron chi connectivity index (χ1n) is 13.2. The fourth-order valence-corrected chi connectivity index (χ4v) is 6.30. The maximum absolute atomic E-state index is 14.8. The van der Waals surface area contributed by atoms with Gasteiger partial charge in [-0.2, -0.15) is 0 Å². The Morgan fingerprint density at radius 2 is 1.59 bits per heavy atom. The molecule has 0 aliphatic carbocycles. The number of amides is 2. The number of rotatable bonds is 5. The van der Waals surface area contributed by atoms with Crippen LogP contribution in [0.2, 0.25) is 5.02 Å². The van der Waals surface area contributed by atoms with Crippen molar-refractivity contribution in [3.63, 3.8) is 0 Å². The molecular weight excluding hydrogens is 543 g/mol. The van der Waals surface area contributed by atoms with Crippen LogP contribution in [0.1, 0.15) is 32.8 Å². The highest BCUT2D eigenvalue weighted by Crippen LogP contribution is 2.53. The fourth-order valence-electron chi connectivity index (χ4n) is 6.10. The molecule has 0 N–H and O–H groups in total. The molecule has 4 aromatic carbocycles. The van der Waals surface area contributed by atoms with E-state index in [1.165, 1.54) is 17.0 Å². The molecule has 202 valence electrons. The van der Waals surface area contributed by atoms with Gasteiger partial charge in [0.05, 0.1) is 23.2 Å². The van der Waals surface area contributed by atoms with E-state index < -0.39 is 28.6 Å². The minimum atomic E-state index is -1.79. The van der Waals surface area contributed by atoms with Crippen molar-refractivity contribution in [3.05, 3.63) is 146 Å². The molecule has 1 atom stereocenters. The highest BCUT2D eigenvalue weighted by molar-refractivity contribution is 6.31. The molecule has 1 unspecified atom stereocenters. The molecule has 2 aliphatic heterocycles. The highest BCUT2D eigenvalue weighted by atomic mass is 35.5. The highest BCUT2D eigenvalue weighted by Gasteiger charge is 2.64. The number of nitrogens with zero attached hydrogens (tertiary/aromatic N) is 2. The van der Waals surface area contributed by atoms with Crippen molar-refractivity contribution in [2.75, 3.05) is 11.4 Å². The Morgan fingerprint density at radius 3 is 2.39 bits per heavy atom. The van der Waals surface area contributed by atoms with Crippen LogP contribution < -0.4 is 10.3 Å². The monoisotopic (exact) mass is 564 g/mol. The molecule has 1 aromatic heterocycles. The Kier molecular flexibility index (Phi) is 5.80. The maximum atomic E-state index is 14.8. The first-order chi connectivity index (χ1) is 19.9. The number of carbonyl (C=O) groups excluding carboxylic acids is 2. The lowest BCUT2D eigenvalue weighted by atomic mass is 9.83. The zero-order valence-electron chi connectivity index (χ0n) is 21.6. The van der Waals surface area contributed by atoms with Crippen molar-refractivity contribution in [3.8, 4) is 0 Å². The number of hydrogen-bond donors (Lipinski definition) is 0. The predicted octanol–water partition coefficient (Wildman–Crippen LogP) is 6.07. The number of fused-ring (bicyclic) bond motifs is 5. The minimum Gasteiger partial charge on any atom is -0.450 e. The van der Waals surface area contributed by atoms with Gasteiger partial charge in [-0.15, -0.1) is 0 Å². The van der Waals surface area contributed by atoms with E-state index in [9.17, 15) is 18.8 Å². The summed E-state index contributed by atoms with van der Waals surface area (Å²) in [7, 11) is 0. The summed E-state index contributed by atoms with van der Waals surface area (Å²) in [5, 5.41) is 0.458. The third-order valence-corrected chi connectivity index (χ3v) is 8.32. The van der Waals surface area contributed by atoms with E-state index in [0.717, 1.165) is 11.6 Å². The van der Waals surface area contributed by atoms with Gasteiger partial charge in [-0.25, -0.2) is 4.39 Å². The molecule has 2 amide bonds. The molecule has 41 heavy (non-hydrogen) atoms. The summed E-state index contributed by atoms with van der Waals surface area (Å²) in [6.45, 7) is 0.262. The molecule has 7 rings (SSSR count). The third kappa shape index (κ3) is 3.66. The van der Waals surface area contributed by atoms with Crippen molar-refractivity contribution in [2.45, 2.75) is 18.5 Å². The molecule has 3 heterocycles. The molecule has 2 aliphatic rings. The molecule has 0 saturated carbocycles. The van der Waals surface area contributed by atoms with Gasteiger partial charge < -0.3 is 14.2 Å². The second-order valence-corrected chi connectivity index (χ2v) is 10.6. The summed E-state index contributed by atoms with van der Waals surface area (Å²) in [6.07, 6.45) is 0.435. The van der Waals surface area contributed by atoms with Crippen LogP contribution in [0.4, 0.5) is 10.1 Å². The first-order valence-corrected chi connectivity index (χ1v) is 13.6. The predicted molar refractivity (Wildman–Crippen MR) is 153 cm³/mol. The molecule has 8 heteroatoms. The summed E-state index contributed by atoms with van der Waals surface area (Å²) in [5.41, 5.74) is 0.302. The van der Waals surface area contributed by atoms with E-state index in [2.05, 4.69) is 0 Å². The number of benzene rings is 4. The van der Waals surface area contributed by atoms with Crippen LogP contribution in [-0.4, -0.2) is 23.3 Å². The lowest BCUT2D eigenvalue weighted by Crippen LogP contribution is -2.53. The van der Waals surface area contributed by atoms with Crippen LogP contribution >= 0.6 is 11.6 Å². The lowest BCUT2D eigenvalue weighted by Gasteiger charge is -2.34. The first kappa shape index (κ1) is 25.2. The number of carbonyl (C=O) groups is 2. The average Bonchev–Trinajstić information content (AvgIpc) is 3.38. The van der Waals surface area contributed by atoms with E-state index in [1.54, 1.807) is 41.3 Å². The summed E-state index contributed by atoms with van der Waals surface area (Å²) in [5.74, 6) is -1.86. The van der Waals surface area contributed by atoms with Gasteiger partial charge in [0.2, 0.25) is 5.76 Å². The van der Waals surface area contributed by atoms with Gasteiger partial charge in [0.25, 0.3) is 11.8 Å². The molecule has 1 spiro atoms. The van der Waals surface area contributed by atoms with E-state index in [1.807, 2.05) is 42.5 Å². The quantitative estimate of drug-likeness (QED) is 0.260. The largest absolute Gasteiger partial charge is 0.450 e. The molecule has 0 bridgehead atoms. The Balaban J connectivity index is 1.48. The van der Waals surface area contributed by atoms with Gasteiger partial charge in [-0.05, 0) is 47.9 Å². The van der Waals surface area contributed by atoms with Gasteiger partial charge in [0.1, 0.15) is 11.4 Å².